The highest BCUT2D eigenvalue weighted by Gasteiger charge is 2.26. The average molecular weight is 318 g/mol. The van der Waals surface area contributed by atoms with Gasteiger partial charge in [0.1, 0.15) is 0 Å². The number of amides is 1. The minimum absolute atomic E-state index is 0.00843. The summed E-state index contributed by atoms with van der Waals surface area (Å²) in [5.74, 6) is -0.480. The van der Waals surface area contributed by atoms with Crippen LogP contribution < -0.4 is 5.32 Å². The van der Waals surface area contributed by atoms with E-state index in [9.17, 15) is 9.90 Å². The van der Waals surface area contributed by atoms with Crippen LogP contribution in [-0.2, 0) is 9.53 Å². The number of hydrogen-bond donors (Lipinski definition) is 2. The number of carbonyl (C=O) groups is 1. The van der Waals surface area contributed by atoms with E-state index in [0.717, 1.165) is 19.4 Å². The lowest BCUT2D eigenvalue weighted by Crippen LogP contribution is -2.43. The molecule has 0 bridgehead atoms. The Bertz CT molecular complexity index is 469. The molecular weight excluding hydrogens is 301 g/mol. The van der Waals surface area contributed by atoms with Gasteiger partial charge >= 0.3 is 0 Å². The molecule has 20 heavy (non-hydrogen) atoms. The van der Waals surface area contributed by atoms with Gasteiger partial charge in [-0.2, -0.15) is 0 Å². The third kappa shape index (κ3) is 3.85. The summed E-state index contributed by atoms with van der Waals surface area (Å²) in [5, 5.41) is 13.6. The molecule has 0 spiro atoms. The number of carbonyl (C=O) groups excluding carboxylic acids is 1. The Morgan fingerprint density at radius 2 is 2.05 bits per heavy atom. The first kappa shape index (κ1) is 15.6. The van der Waals surface area contributed by atoms with E-state index >= 15 is 0 Å². The van der Waals surface area contributed by atoms with Crippen LogP contribution in [-0.4, -0.2) is 29.8 Å². The van der Waals surface area contributed by atoms with Gasteiger partial charge in [0.25, 0.3) is 5.91 Å². The minimum Gasteiger partial charge on any atom is -0.378 e. The molecule has 0 saturated carbocycles. The Morgan fingerprint density at radius 3 is 2.60 bits per heavy atom. The summed E-state index contributed by atoms with van der Waals surface area (Å²) in [6.45, 7) is 2.59. The fraction of sp³-hybridized carbons (Fsp3) is 0.500. The Balaban J connectivity index is 2.00. The molecule has 0 aliphatic carbocycles. The third-order valence-electron chi connectivity index (χ3n) is 3.34. The first-order chi connectivity index (χ1) is 9.47. The molecule has 4 nitrogen and oxygen atoms in total. The Hall–Kier alpha value is -0.810. The van der Waals surface area contributed by atoms with Crippen LogP contribution in [0.15, 0.2) is 18.2 Å². The van der Waals surface area contributed by atoms with Gasteiger partial charge in [-0.15, -0.1) is 0 Å². The van der Waals surface area contributed by atoms with Crippen molar-refractivity contribution in [2.75, 3.05) is 6.61 Å². The molecule has 3 atom stereocenters. The topological polar surface area (TPSA) is 58.6 Å². The van der Waals surface area contributed by atoms with E-state index in [2.05, 4.69) is 5.32 Å². The minimum atomic E-state index is -1.30. The number of benzene rings is 1. The zero-order chi connectivity index (χ0) is 14.7. The van der Waals surface area contributed by atoms with Crippen molar-refractivity contribution < 1.29 is 14.6 Å². The summed E-state index contributed by atoms with van der Waals surface area (Å²) in [6.07, 6.45) is 0.627. The number of aliphatic hydroxyl groups is 1. The molecular formula is C14H17Cl2NO3. The summed E-state index contributed by atoms with van der Waals surface area (Å²) >= 11 is 11.7. The maximum Gasteiger partial charge on any atom is 0.253 e. The maximum atomic E-state index is 12.0. The van der Waals surface area contributed by atoms with Crippen LogP contribution in [0, 0.1) is 0 Å². The van der Waals surface area contributed by atoms with Gasteiger partial charge in [0.05, 0.1) is 12.1 Å². The number of ether oxygens (including phenoxy) is 1. The van der Waals surface area contributed by atoms with E-state index in [-0.39, 0.29) is 12.1 Å². The molecule has 1 saturated heterocycles. The number of rotatable bonds is 4. The molecule has 110 valence electrons. The van der Waals surface area contributed by atoms with Gasteiger partial charge in [0, 0.05) is 16.7 Å². The van der Waals surface area contributed by atoms with Gasteiger partial charge < -0.3 is 15.2 Å². The predicted molar refractivity (Wildman–Crippen MR) is 78.0 cm³/mol. The molecule has 1 aliphatic rings. The van der Waals surface area contributed by atoms with Crippen LogP contribution in [0.5, 0.6) is 0 Å². The monoisotopic (exact) mass is 317 g/mol. The number of aliphatic hydroxyl groups excluding tert-OH is 1. The average Bonchev–Trinajstić information content (AvgIpc) is 2.90. The lowest BCUT2D eigenvalue weighted by molar-refractivity contribution is -0.131. The van der Waals surface area contributed by atoms with E-state index in [0.29, 0.717) is 15.6 Å². The second-order valence-corrected chi connectivity index (χ2v) is 5.83. The molecule has 2 rings (SSSR count). The van der Waals surface area contributed by atoms with Crippen molar-refractivity contribution in [3.05, 3.63) is 33.8 Å². The molecule has 3 unspecified atom stereocenters. The molecule has 0 radical (unpaired) electrons. The van der Waals surface area contributed by atoms with Gasteiger partial charge in [-0.25, -0.2) is 0 Å². The Labute approximate surface area is 128 Å². The van der Waals surface area contributed by atoms with Gasteiger partial charge in [-0.05, 0) is 43.5 Å². The zero-order valence-corrected chi connectivity index (χ0v) is 12.6. The second-order valence-electron chi connectivity index (χ2n) is 4.95. The number of nitrogens with one attached hydrogen (secondary N) is 1. The first-order valence-electron chi connectivity index (χ1n) is 6.53. The van der Waals surface area contributed by atoms with E-state index in [1.807, 2.05) is 6.92 Å². The van der Waals surface area contributed by atoms with Crippen molar-refractivity contribution in [2.45, 2.75) is 38.0 Å². The van der Waals surface area contributed by atoms with Crippen LogP contribution >= 0.6 is 23.2 Å². The lowest BCUT2D eigenvalue weighted by atomic mass is 10.1. The highest BCUT2D eigenvalue weighted by Crippen LogP contribution is 2.24. The van der Waals surface area contributed by atoms with Crippen LogP contribution in [0.1, 0.15) is 31.4 Å². The standard InChI is InChI=1S/C14H17Cl2NO3/c1-8(12-3-2-4-20-12)17-14(19)13(18)9-5-10(15)7-11(16)6-9/h5-8,12-13,18H,2-4H2,1H3,(H,17,19). The van der Waals surface area contributed by atoms with Crippen LogP contribution in [0.4, 0.5) is 0 Å². The predicted octanol–water partition coefficient (Wildman–Crippen LogP) is 2.71. The van der Waals surface area contributed by atoms with E-state index in [1.54, 1.807) is 6.07 Å². The van der Waals surface area contributed by atoms with Crippen molar-refractivity contribution in [2.24, 2.45) is 0 Å². The quantitative estimate of drug-likeness (QED) is 0.897. The molecule has 6 heteroatoms. The summed E-state index contributed by atoms with van der Waals surface area (Å²) in [6, 6.07) is 4.45. The van der Waals surface area contributed by atoms with Crippen molar-refractivity contribution in [1.29, 1.82) is 0 Å². The van der Waals surface area contributed by atoms with Crippen LogP contribution in [0.2, 0.25) is 10.0 Å². The molecule has 1 aliphatic heterocycles. The van der Waals surface area contributed by atoms with E-state index in [1.165, 1.54) is 12.1 Å². The summed E-state index contributed by atoms with van der Waals surface area (Å²) in [5.41, 5.74) is 0.375. The normalized spacial score (nSPS) is 21.5. The van der Waals surface area contributed by atoms with Gasteiger partial charge in [-0.1, -0.05) is 23.2 Å². The zero-order valence-electron chi connectivity index (χ0n) is 11.1. The Morgan fingerprint density at radius 1 is 1.40 bits per heavy atom. The van der Waals surface area contributed by atoms with Gasteiger partial charge in [0.2, 0.25) is 0 Å². The SMILES string of the molecule is CC(NC(=O)C(O)c1cc(Cl)cc(Cl)c1)C1CCCO1. The summed E-state index contributed by atoms with van der Waals surface area (Å²) in [4.78, 5) is 12.0. The first-order valence-corrected chi connectivity index (χ1v) is 7.29. The van der Waals surface area contributed by atoms with E-state index in [4.69, 9.17) is 27.9 Å². The van der Waals surface area contributed by atoms with Crippen molar-refractivity contribution in [3.63, 3.8) is 0 Å². The molecule has 1 fully saturated rings. The number of hydrogen-bond acceptors (Lipinski definition) is 3. The lowest BCUT2D eigenvalue weighted by Gasteiger charge is -2.22. The highest BCUT2D eigenvalue weighted by molar-refractivity contribution is 6.34. The van der Waals surface area contributed by atoms with Crippen LogP contribution in [0.3, 0.4) is 0 Å². The smallest absolute Gasteiger partial charge is 0.253 e. The maximum absolute atomic E-state index is 12.0. The van der Waals surface area contributed by atoms with E-state index < -0.39 is 12.0 Å². The van der Waals surface area contributed by atoms with Gasteiger partial charge in [-0.3, -0.25) is 4.79 Å². The van der Waals surface area contributed by atoms with Crippen molar-refractivity contribution in [3.8, 4) is 0 Å². The molecule has 1 amide bonds. The van der Waals surface area contributed by atoms with Gasteiger partial charge in [0.15, 0.2) is 6.10 Å². The fourth-order valence-electron chi connectivity index (χ4n) is 2.28. The van der Waals surface area contributed by atoms with Crippen molar-refractivity contribution in [1.82, 2.24) is 5.32 Å². The van der Waals surface area contributed by atoms with Crippen molar-refractivity contribution >= 4 is 29.1 Å². The Kier molecular flexibility index (Phi) is 5.27. The molecule has 0 aromatic heterocycles. The third-order valence-corrected chi connectivity index (χ3v) is 3.78. The fourth-order valence-corrected chi connectivity index (χ4v) is 2.82. The summed E-state index contributed by atoms with van der Waals surface area (Å²) < 4.78 is 5.50. The molecule has 2 N–H and O–H groups in total. The van der Waals surface area contributed by atoms with Crippen LogP contribution in [0.25, 0.3) is 0 Å². The highest BCUT2D eigenvalue weighted by atomic mass is 35.5. The molecule has 1 aromatic rings. The molecule has 1 heterocycles. The largest absolute Gasteiger partial charge is 0.378 e. The number of halogens is 2. The molecule has 1 aromatic carbocycles. The summed E-state index contributed by atoms with van der Waals surface area (Å²) in [7, 11) is 0. The second kappa shape index (κ2) is 6.76.